The van der Waals surface area contributed by atoms with Crippen LogP contribution in [0.4, 0.5) is 0 Å². The molecule has 1 N–H and O–H groups in total. The first kappa shape index (κ1) is 18.1. The number of esters is 1. The van der Waals surface area contributed by atoms with Crippen LogP contribution >= 0.6 is 0 Å². The normalized spacial score (nSPS) is 18.2. The highest BCUT2D eigenvalue weighted by Crippen LogP contribution is 2.19. The summed E-state index contributed by atoms with van der Waals surface area (Å²) in [6.45, 7) is -0.435. The predicted molar refractivity (Wildman–Crippen MR) is 97.4 cm³/mol. The van der Waals surface area contributed by atoms with Crippen LogP contribution in [0.25, 0.3) is 11.1 Å². The first-order valence-corrected chi connectivity index (χ1v) is 10.1. The molecule has 2 aromatic carbocycles. The Kier molecular flexibility index (Phi) is 5.37. The molecule has 26 heavy (non-hydrogen) atoms. The standard InChI is InChI=1S/C19H19NO5S/c21-18(20-17-10-11-26(23,24)13-17)12-25-19(22)16-8-6-15(7-9-16)14-4-2-1-3-5-14/h1-9,17H,10-13H2,(H,20,21). The maximum absolute atomic E-state index is 12.0. The summed E-state index contributed by atoms with van der Waals surface area (Å²) in [5.41, 5.74) is 2.36. The molecule has 6 nitrogen and oxygen atoms in total. The summed E-state index contributed by atoms with van der Waals surface area (Å²) in [6, 6.07) is 16.3. The van der Waals surface area contributed by atoms with E-state index in [9.17, 15) is 18.0 Å². The van der Waals surface area contributed by atoms with Crippen molar-refractivity contribution in [3.8, 4) is 11.1 Å². The minimum Gasteiger partial charge on any atom is -0.452 e. The maximum Gasteiger partial charge on any atom is 0.338 e. The van der Waals surface area contributed by atoms with Crippen LogP contribution in [0.2, 0.25) is 0 Å². The summed E-state index contributed by atoms with van der Waals surface area (Å²) in [6.07, 6.45) is 0.392. The molecule has 7 heteroatoms. The summed E-state index contributed by atoms with van der Waals surface area (Å²) in [5, 5.41) is 2.58. The molecular weight excluding hydrogens is 354 g/mol. The molecule has 0 aromatic heterocycles. The van der Waals surface area contributed by atoms with Crippen molar-refractivity contribution in [1.29, 1.82) is 0 Å². The van der Waals surface area contributed by atoms with E-state index in [1.165, 1.54) is 0 Å². The Morgan fingerprint density at radius 2 is 1.65 bits per heavy atom. The van der Waals surface area contributed by atoms with Crippen molar-refractivity contribution in [3.05, 3.63) is 60.2 Å². The van der Waals surface area contributed by atoms with E-state index in [-0.39, 0.29) is 11.5 Å². The molecule has 0 saturated carbocycles. The fraction of sp³-hybridized carbons (Fsp3) is 0.263. The van der Waals surface area contributed by atoms with Gasteiger partial charge in [0.15, 0.2) is 16.4 Å². The highest BCUT2D eigenvalue weighted by molar-refractivity contribution is 7.91. The predicted octanol–water partition coefficient (Wildman–Crippen LogP) is 1.81. The SMILES string of the molecule is O=C(COC(=O)c1ccc(-c2ccccc2)cc1)NC1CCS(=O)(=O)C1. The zero-order valence-electron chi connectivity index (χ0n) is 14.1. The van der Waals surface area contributed by atoms with Crippen LogP contribution in [0.15, 0.2) is 54.6 Å². The van der Waals surface area contributed by atoms with Gasteiger partial charge < -0.3 is 10.1 Å². The molecule has 0 bridgehead atoms. The first-order valence-electron chi connectivity index (χ1n) is 8.25. The zero-order chi connectivity index (χ0) is 18.6. The van der Waals surface area contributed by atoms with Gasteiger partial charge in [-0.15, -0.1) is 0 Å². The van der Waals surface area contributed by atoms with Gasteiger partial charge in [-0.1, -0.05) is 42.5 Å². The molecule has 0 aliphatic carbocycles. The smallest absolute Gasteiger partial charge is 0.338 e. The van der Waals surface area contributed by atoms with Crippen molar-refractivity contribution in [2.24, 2.45) is 0 Å². The lowest BCUT2D eigenvalue weighted by atomic mass is 10.0. The van der Waals surface area contributed by atoms with Crippen LogP contribution in [-0.4, -0.2) is 44.4 Å². The number of hydrogen-bond acceptors (Lipinski definition) is 5. The maximum atomic E-state index is 12.0. The highest BCUT2D eigenvalue weighted by Gasteiger charge is 2.29. The number of ether oxygens (including phenoxy) is 1. The van der Waals surface area contributed by atoms with Crippen molar-refractivity contribution in [2.75, 3.05) is 18.1 Å². The van der Waals surface area contributed by atoms with E-state index >= 15 is 0 Å². The third kappa shape index (κ3) is 4.70. The van der Waals surface area contributed by atoms with Gasteiger partial charge >= 0.3 is 5.97 Å². The number of nitrogens with one attached hydrogen (secondary N) is 1. The molecule has 1 saturated heterocycles. The number of carbonyl (C=O) groups excluding carboxylic acids is 2. The van der Waals surface area contributed by atoms with Gasteiger partial charge in [-0.2, -0.15) is 0 Å². The fourth-order valence-electron chi connectivity index (χ4n) is 2.82. The molecule has 2 aromatic rings. The zero-order valence-corrected chi connectivity index (χ0v) is 14.9. The molecule has 1 fully saturated rings. The molecule has 1 aliphatic rings. The van der Waals surface area contributed by atoms with Gasteiger partial charge in [0.25, 0.3) is 5.91 Å². The van der Waals surface area contributed by atoms with Gasteiger partial charge in [-0.05, 0) is 29.7 Å². The molecule has 0 radical (unpaired) electrons. The number of hydrogen-bond donors (Lipinski definition) is 1. The second-order valence-corrected chi connectivity index (χ2v) is 8.42. The monoisotopic (exact) mass is 373 g/mol. The quantitative estimate of drug-likeness (QED) is 0.808. The summed E-state index contributed by atoms with van der Waals surface area (Å²) < 4.78 is 27.7. The van der Waals surface area contributed by atoms with Crippen LogP contribution in [0.1, 0.15) is 16.8 Å². The lowest BCUT2D eigenvalue weighted by Gasteiger charge is -2.11. The van der Waals surface area contributed by atoms with E-state index < -0.39 is 34.4 Å². The number of amides is 1. The van der Waals surface area contributed by atoms with Crippen LogP contribution < -0.4 is 5.32 Å². The molecule has 0 spiro atoms. The van der Waals surface area contributed by atoms with E-state index in [2.05, 4.69) is 5.32 Å². The Hall–Kier alpha value is -2.67. The number of benzene rings is 2. The average molecular weight is 373 g/mol. The van der Waals surface area contributed by atoms with Crippen LogP contribution in [0, 0.1) is 0 Å². The third-order valence-electron chi connectivity index (χ3n) is 4.16. The third-order valence-corrected chi connectivity index (χ3v) is 5.93. The van der Waals surface area contributed by atoms with Crippen molar-refractivity contribution in [1.82, 2.24) is 5.32 Å². The van der Waals surface area contributed by atoms with Crippen molar-refractivity contribution in [2.45, 2.75) is 12.5 Å². The van der Waals surface area contributed by atoms with Crippen LogP contribution in [-0.2, 0) is 19.4 Å². The summed E-state index contributed by atoms with van der Waals surface area (Å²) in [4.78, 5) is 23.8. The number of sulfone groups is 1. The number of rotatable bonds is 5. The molecule has 3 rings (SSSR count). The Morgan fingerprint density at radius 3 is 2.27 bits per heavy atom. The molecule has 1 aliphatic heterocycles. The highest BCUT2D eigenvalue weighted by atomic mass is 32.2. The van der Waals surface area contributed by atoms with E-state index in [1.54, 1.807) is 12.1 Å². The molecular formula is C19H19NO5S. The average Bonchev–Trinajstić information content (AvgIpc) is 2.99. The fourth-order valence-corrected chi connectivity index (χ4v) is 4.50. The minimum absolute atomic E-state index is 0.0619. The lowest BCUT2D eigenvalue weighted by molar-refractivity contribution is -0.124. The summed E-state index contributed by atoms with van der Waals surface area (Å²) in [7, 11) is -3.06. The van der Waals surface area contributed by atoms with E-state index in [1.807, 2.05) is 42.5 Å². The van der Waals surface area contributed by atoms with Gasteiger partial charge in [-0.3, -0.25) is 4.79 Å². The minimum atomic E-state index is -3.06. The Labute approximate surface area is 152 Å². The summed E-state index contributed by atoms with van der Waals surface area (Å²) >= 11 is 0. The van der Waals surface area contributed by atoms with E-state index in [0.29, 0.717) is 12.0 Å². The van der Waals surface area contributed by atoms with Gasteiger partial charge in [0.2, 0.25) is 0 Å². The Morgan fingerprint density at radius 1 is 1.00 bits per heavy atom. The van der Waals surface area contributed by atoms with Crippen molar-refractivity contribution < 1.29 is 22.7 Å². The van der Waals surface area contributed by atoms with Crippen molar-refractivity contribution >= 4 is 21.7 Å². The van der Waals surface area contributed by atoms with E-state index in [0.717, 1.165) is 11.1 Å². The molecule has 1 unspecified atom stereocenters. The lowest BCUT2D eigenvalue weighted by Crippen LogP contribution is -2.38. The second-order valence-electron chi connectivity index (χ2n) is 6.19. The molecule has 136 valence electrons. The molecule has 1 amide bonds. The Bertz CT molecular complexity index is 891. The van der Waals surface area contributed by atoms with Crippen molar-refractivity contribution in [3.63, 3.8) is 0 Å². The topological polar surface area (TPSA) is 89.5 Å². The Balaban J connectivity index is 1.51. The second kappa shape index (κ2) is 7.70. The van der Waals surface area contributed by atoms with E-state index in [4.69, 9.17) is 4.74 Å². The molecule has 1 atom stereocenters. The molecule has 1 heterocycles. The largest absolute Gasteiger partial charge is 0.452 e. The summed E-state index contributed by atoms with van der Waals surface area (Å²) in [5.74, 6) is -1.08. The van der Waals surface area contributed by atoms with Gasteiger partial charge in [0.1, 0.15) is 0 Å². The van der Waals surface area contributed by atoms with Crippen LogP contribution in [0.5, 0.6) is 0 Å². The van der Waals surface area contributed by atoms with Gasteiger partial charge in [0, 0.05) is 6.04 Å². The van der Waals surface area contributed by atoms with Gasteiger partial charge in [0.05, 0.1) is 17.1 Å². The van der Waals surface area contributed by atoms with Gasteiger partial charge in [-0.25, -0.2) is 13.2 Å². The first-order chi connectivity index (χ1) is 12.4. The van der Waals surface area contributed by atoms with Crippen LogP contribution in [0.3, 0.4) is 0 Å². The number of carbonyl (C=O) groups is 2.